The third-order valence-electron chi connectivity index (χ3n) is 3.11. The zero-order valence-electron chi connectivity index (χ0n) is 13.9. The first-order valence-electron chi connectivity index (χ1n) is 7.72. The highest BCUT2D eigenvalue weighted by Gasteiger charge is 2.14. The van der Waals surface area contributed by atoms with Gasteiger partial charge in [0.05, 0.1) is 12.7 Å². The van der Waals surface area contributed by atoms with E-state index in [9.17, 15) is 0 Å². The quantitative estimate of drug-likeness (QED) is 0.718. The van der Waals surface area contributed by atoms with Crippen LogP contribution in [0.5, 0.6) is 11.5 Å². The number of rotatable bonds is 10. The molecular formula is C17H29NO3. The second-order valence-corrected chi connectivity index (χ2v) is 5.42. The van der Waals surface area contributed by atoms with Crippen molar-refractivity contribution < 1.29 is 14.2 Å². The Labute approximate surface area is 128 Å². The van der Waals surface area contributed by atoms with Crippen LogP contribution in [0.3, 0.4) is 0 Å². The molecule has 1 rings (SSSR count). The van der Waals surface area contributed by atoms with Crippen LogP contribution in [-0.2, 0) is 11.3 Å². The Balaban J connectivity index is 2.87. The Morgan fingerprint density at radius 3 is 2.57 bits per heavy atom. The number of ether oxygens (including phenoxy) is 3. The lowest BCUT2D eigenvalue weighted by molar-refractivity contribution is 0.131. The molecule has 0 saturated heterocycles. The van der Waals surface area contributed by atoms with Gasteiger partial charge in [-0.15, -0.1) is 0 Å². The van der Waals surface area contributed by atoms with Crippen LogP contribution in [0.15, 0.2) is 18.2 Å². The van der Waals surface area contributed by atoms with Gasteiger partial charge < -0.3 is 19.5 Å². The number of benzene rings is 1. The second-order valence-electron chi connectivity index (χ2n) is 5.42. The predicted octanol–water partition coefficient (Wildman–Crippen LogP) is 3.39. The third-order valence-corrected chi connectivity index (χ3v) is 3.11. The van der Waals surface area contributed by atoms with E-state index in [1.165, 1.54) is 0 Å². The highest BCUT2D eigenvalue weighted by atomic mass is 16.5. The van der Waals surface area contributed by atoms with Gasteiger partial charge in [-0.3, -0.25) is 0 Å². The Morgan fingerprint density at radius 2 is 1.95 bits per heavy atom. The van der Waals surface area contributed by atoms with Crippen molar-refractivity contribution in [3.8, 4) is 11.5 Å². The third kappa shape index (κ3) is 6.36. The molecule has 0 aliphatic heterocycles. The first-order valence-corrected chi connectivity index (χ1v) is 7.72. The summed E-state index contributed by atoms with van der Waals surface area (Å²) < 4.78 is 16.9. The molecule has 0 spiro atoms. The summed E-state index contributed by atoms with van der Waals surface area (Å²) in [6.45, 7) is 10.4. The molecule has 4 nitrogen and oxygen atoms in total. The topological polar surface area (TPSA) is 39.7 Å². The summed E-state index contributed by atoms with van der Waals surface area (Å²) in [6, 6.07) is 6.48. The van der Waals surface area contributed by atoms with Crippen molar-refractivity contribution in [1.82, 2.24) is 5.32 Å². The predicted molar refractivity (Wildman–Crippen MR) is 86.2 cm³/mol. The van der Waals surface area contributed by atoms with Crippen LogP contribution in [0.25, 0.3) is 0 Å². The highest BCUT2D eigenvalue weighted by Crippen LogP contribution is 2.32. The Kier molecular flexibility index (Phi) is 8.16. The molecule has 0 bridgehead atoms. The summed E-state index contributed by atoms with van der Waals surface area (Å²) in [5.41, 5.74) is 1.12. The van der Waals surface area contributed by atoms with Gasteiger partial charge in [0, 0.05) is 38.3 Å². The van der Waals surface area contributed by atoms with E-state index in [2.05, 4.69) is 32.2 Å². The van der Waals surface area contributed by atoms with Crippen molar-refractivity contribution in [2.75, 3.05) is 20.3 Å². The van der Waals surface area contributed by atoms with E-state index in [4.69, 9.17) is 14.2 Å². The van der Waals surface area contributed by atoms with Crippen molar-refractivity contribution in [2.45, 2.75) is 52.8 Å². The minimum atomic E-state index is 0.0874. The molecule has 21 heavy (non-hydrogen) atoms. The number of hydrogen-bond acceptors (Lipinski definition) is 4. The fraction of sp³-hybridized carbons (Fsp3) is 0.647. The van der Waals surface area contributed by atoms with Crippen molar-refractivity contribution in [1.29, 1.82) is 0 Å². The molecule has 1 unspecified atom stereocenters. The van der Waals surface area contributed by atoms with Gasteiger partial charge in [0.2, 0.25) is 0 Å². The summed E-state index contributed by atoms with van der Waals surface area (Å²) in [5, 5.41) is 3.43. The van der Waals surface area contributed by atoms with Crippen LogP contribution >= 0.6 is 0 Å². The van der Waals surface area contributed by atoms with E-state index >= 15 is 0 Å². The molecule has 0 heterocycles. The van der Waals surface area contributed by atoms with Gasteiger partial charge in [0.25, 0.3) is 0 Å². The van der Waals surface area contributed by atoms with Gasteiger partial charge in [-0.2, -0.15) is 0 Å². The molecule has 0 fully saturated rings. The SMILES string of the molecule is CCOc1cccc(CNC(C)C)c1OC(C)CCOC. The van der Waals surface area contributed by atoms with E-state index in [-0.39, 0.29) is 6.10 Å². The molecule has 1 aromatic rings. The lowest BCUT2D eigenvalue weighted by atomic mass is 10.1. The molecule has 1 N–H and O–H groups in total. The molecule has 0 aliphatic rings. The Morgan fingerprint density at radius 1 is 1.19 bits per heavy atom. The summed E-state index contributed by atoms with van der Waals surface area (Å²) in [5.74, 6) is 1.65. The zero-order valence-corrected chi connectivity index (χ0v) is 13.9. The van der Waals surface area contributed by atoms with Crippen LogP contribution in [0, 0.1) is 0 Å². The van der Waals surface area contributed by atoms with Crippen molar-refractivity contribution in [3.63, 3.8) is 0 Å². The molecule has 120 valence electrons. The average molecular weight is 295 g/mol. The van der Waals surface area contributed by atoms with Crippen LogP contribution in [0.2, 0.25) is 0 Å². The van der Waals surface area contributed by atoms with E-state index in [1.807, 2.05) is 19.1 Å². The van der Waals surface area contributed by atoms with Gasteiger partial charge in [-0.05, 0) is 19.9 Å². The van der Waals surface area contributed by atoms with E-state index in [1.54, 1.807) is 7.11 Å². The van der Waals surface area contributed by atoms with Crippen molar-refractivity contribution >= 4 is 0 Å². The normalized spacial score (nSPS) is 12.5. The van der Waals surface area contributed by atoms with Gasteiger partial charge >= 0.3 is 0 Å². The molecule has 0 radical (unpaired) electrons. The van der Waals surface area contributed by atoms with Gasteiger partial charge in [0.15, 0.2) is 11.5 Å². The van der Waals surface area contributed by atoms with Gasteiger partial charge in [-0.1, -0.05) is 26.0 Å². The maximum Gasteiger partial charge on any atom is 0.166 e. The second kappa shape index (κ2) is 9.64. The first-order chi connectivity index (χ1) is 10.1. The number of hydrogen-bond donors (Lipinski definition) is 1. The van der Waals surface area contributed by atoms with E-state index in [0.717, 1.165) is 30.0 Å². The zero-order chi connectivity index (χ0) is 15.7. The van der Waals surface area contributed by atoms with Crippen molar-refractivity contribution in [2.24, 2.45) is 0 Å². The van der Waals surface area contributed by atoms with Crippen LogP contribution in [0.1, 0.15) is 39.7 Å². The van der Waals surface area contributed by atoms with Crippen molar-refractivity contribution in [3.05, 3.63) is 23.8 Å². The number of para-hydroxylation sites is 1. The summed E-state index contributed by atoms with van der Waals surface area (Å²) in [4.78, 5) is 0. The minimum Gasteiger partial charge on any atom is -0.490 e. The smallest absolute Gasteiger partial charge is 0.166 e. The molecule has 1 atom stereocenters. The fourth-order valence-corrected chi connectivity index (χ4v) is 1.96. The number of methoxy groups -OCH3 is 1. The molecule has 4 heteroatoms. The maximum absolute atomic E-state index is 6.12. The molecule has 0 amide bonds. The monoisotopic (exact) mass is 295 g/mol. The molecular weight excluding hydrogens is 266 g/mol. The Hall–Kier alpha value is -1.26. The summed E-state index contributed by atoms with van der Waals surface area (Å²) in [6.07, 6.45) is 0.943. The molecule has 0 aromatic heterocycles. The lowest BCUT2D eigenvalue weighted by Crippen LogP contribution is -2.23. The lowest BCUT2D eigenvalue weighted by Gasteiger charge is -2.21. The largest absolute Gasteiger partial charge is 0.490 e. The van der Waals surface area contributed by atoms with Crippen LogP contribution in [0.4, 0.5) is 0 Å². The van der Waals surface area contributed by atoms with Gasteiger partial charge in [-0.25, -0.2) is 0 Å². The molecule has 1 aromatic carbocycles. The number of nitrogens with one attached hydrogen (secondary N) is 1. The molecule has 0 aliphatic carbocycles. The van der Waals surface area contributed by atoms with Crippen LogP contribution in [-0.4, -0.2) is 32.5 Å². The standard InChI is InChI=1S/C17H29NO3/c1-6-20-16-9-7-8-15(12-18-13(2)3)17(16)21-14(4)10-11-19-5/h7-9,13-14,18H,6,10-12H2,1-5H3. The van der Waals surface area contributed by atoms with Crippen LogP contribution < -0.4 is 14.8 Å². The van der Waals surface area contributed by atoms with Gasteiger partial charge in [0.1, 0.15) is 0 Å². The first kappa shape index (κ1) is 17.8. The van der Waals surface area contributed by atoms with E-state index in [0.29, 0.717) is 19.3 Å². The Bertz CT molecular complexity index is 407. The summed E-state index contributed by atoms with van der Waals surface area (Å²) in [7, 11) is 1.71. The summed E-state index contributed by atoms with van der Waals surface area (Å²) >= 11 is 0. The minimum absolute atomic E-state index is 0.0874. The van der Waals surface area contributed by atoms with E-state index < -0.39 is 0 Å². The highest BCUT2D eigenvalue weighted by molar-refractivity contribution is 5.46. The molecule has 0 saturated carbocycles. The average Bonchev–Trinajstić information content (AvgIpc) is 2.45. The maximum atomic E-state index is 6.12. The fourth-order valence-electron chi connectivity index (χ4n) is 1.96.